The van der Waals surface area contributed by atoms with Crippen LogP contribution in [-0.4, -0.2) is 0 Å². The molecule has 0 aliphatic rings. The zero-order valence-electron chi connectivity index (χ0n) is 14.1. The molecule has 0 spiro atoms. The van der Waals surface area contributed by atoms with Gasteiger partial charge < -0.3 is 0 Å². The maximum absolute atomic E-state index is 3.64. The SMILES string of the molecule is CCCCCCCCCCCCCCCc1cc(Br)sc1Br. The lowest BCUT2D eigenvalue weighted by Gasteiger charge is -2.03. The van der Waals surface area contributed by atoms with Gasteiger partial charge in [0.1, 0.15) is 0 Å². The minimum Gasteiger partial charge on any atom is -0.121 e. The highest BCUT2D eigenvalue weighted by Crippen LogP contribution is 2.32. The molecule has 128 valence electrons. The van der Waals surface area contributed by atoms with Gasteiger partial charge in [-0.3, -0.25) is 0 Å². The van der Waals surface area contributed by atoms with Gasteiger partial charge in [0, 0.05) is 0 Å². The molecule has 0 aliphatic carbocycles. The largest absolute Gasteiger partial charge is 0.121 e. The normalized spacial score (nSPS) is 11.2. The molecule has 1 rings (SSSR count). The fourth-order valence-electron chi connectivity index (χ4n) is 2.88. The van der Waals surface area contributed by atoms with Crippen LogP contribution < -0.4 is 0 Å². The number of thiophene rings is 1. The summed E-state index contributed by atoms with van der Waals surface area (Å²) in [7, 11) is 0. The van der Waals surface area contributed by atoms with E-state index < -0.39 is 0 Å². The Bertz CT molecular complexity index is 374. The number of unbranched alkanes of at least 4 members (excludes halogenated alkanes) is 12. The fourth-order valence-corrected chi connectivity index (χ4v) is 5.79. The van der Waals surface area contributed by atoms with Gasteiger partial charge >= 0.3 is 0 Å². The van der Waals surface area contributed by atoms with Crippen molar-refractivity contribution in [2.45, 2.75) is 96.8 Å². The first-order valence-electron chi connectivity index (χ1n) is 9.17. The molecular formula is C19H32Br2S. The third kappa shape index (κ3) is 10.4. The maximum Gasteiger partial charge on any atom is 0.0742 e. The molecule has 0 nitrogen and oxygen atoms in total. The van der Waals surface area contributed by atoms with Crippen LogP contribution in [-0.2, 0) is 6.42 Å². The zero-order chi connectivity index (χ0) is 16.0. The topological polar surface area (TPSA) is 0 Å². The second kappa shape index (κ2) is 14.0. The maximum atomic E-state index is 3.64. The van der Waals surface area contributed by atoms with Gasteiger partial charge in [0.15, 0.2) is 0 Å². The first kappa shape index (κ1) is 20.7. The molecule has 0 aromatic carbocycles. The number of rotatable bonds is 14. The predicted octanol–water partition coefficient (Wildman–Crippen LogP) is 8.91. The van der Waals surface area contributed by atoms with Crippen LogP contribution in [0.2, 0.25) is 0 Å². The van der Waals surface area contributed by atoms with Crippen molar-refractivity contribution in [3.63, 3.8) is 0 Å². The summed E-state index contributed by atoms with van der Waals surface area (Å²) in [6, 6.07) is 2.26. The molecule has 0 radical (unpaired) electrons. The minimum atomic E-state index is 1.22. The first-order chi connectivity index (χ1) is 10.7. The minimum absolute atomic E-state index is 1.22. The van der Waals surface area contributed by atoms with Gasteiger partial charge in [0.05, 0.1) is 7.57 Å². The Morgan fingerprint density at radius 3 is 1.59 bits per heavy atom. The lowest BCUT2D eigenvalue weighted by atomic mass is 10.0. The molecule has 3 heteroatoms. The number of halogens is 2. The van der Waals surface area contributed by atoms with Crippen molar-refractivity contribution >= 4 is 43.2 Å². The molecule has 0 atom stereocenters. The van der Waals surface area contributed by atoms with Crippen LogP contribution >= 0.6 is 43.2 Å². The molecule has 0 unspecified atom stereocenters. The lowest BCUT2D eigenvalue weighted by Crippen LogP contribution is -1.85. The van der Waals surface area contributed by atoms with E-state index in [1.54, 1.807) is 11.3 Å². The molecule has 0 aliphatic heterocycles. The summed E-state index contributed by atoms with van der Waals surface area (Å²) < 4.78 is 2.54. The summed E-state index contributed by atoms with van der Waals surface area (Å²) in [5.74, 6) is 0. The molecule has 0 saturated carbocycles. The van der Waals surface area contributed by atoms with Crippen LogP contribution in [0.4, 0.5) is 0 Å². The Labute approximate surface area is 158 Å². The molecule has 1 aromatic rings. The molecule has 1 heterocycles. The second-order valence-corrected chi connectivity index (χ2v) is 10.1. The van der Waals surface area contributed by atoms with Crippen LogP contribution in [0.5, 0.6) is 0 Å². The van der Waals surface area contributed by atoms with Gasteiger partial charge in [-0.05, 0) is 56.3 Å². The second-order valence-electron chi connectivity index (χ2n) is 6.34. The standard InChI is InChI=1S/C19H32Br2S/c1-2-3-4-5-6-7-8-9-10-11-12-13-14-15-17-16-18(20)22-19(17)21/h16H,2-15H2,1H3. The van der Waals surface area contributed by atoms with Crippen LogP contribution in [0, 0.1) is 0 Å². The van der Waals surface area contributed by atoms with Gasteiger partial charge in [-0.15, -0.1) is 11.3 Å². The molecular weight excluding hydrogens is 420 g/mol. The summed E-state index contributed by atoms with van der Waals surface area (Å²) in [6.07, 6.45) is 19.8. The average molecular weight is 452 g/mol. The zero-order valence-corrected chi connectivity index (χ0v) is 18.1. The molecule has 0 N–H and O–H groups in total. The Hall–Kier alpha value is 0.660. The monoisotopic (exact) mass is 450 g/mol. The van der Waals surface area contributed by atoms with E-state index in [-0.39, 0.29) is 0 Å². The van der Waals surface area contributed by atoms with Crippen molar-refractivity contribution in [2.75, 3.05) is 0 Å². The van der Waals surface area contributed by atoms with Gasteiger partial charge in [-0.25, -0.2) is 0 Å². The van der Waals surface area contributed by atoms with Crippen molar-refractivity contribution in [2.24, 2.45) is 0 Å². The Morgan fingerprint density at radius 1 is 0.727 bits per heavy atom. The number of hydrogen-bond acceptors (Lipinski definition) is 1. The number of aryl methyl sites for hydroxylation is 1. The molecule has 0 saturated heterocycles. The Balaban J connectivity index is 1.81. The quantitative estimate of drug-likeness (QED) is 0.247. The Kier molecular flexibility index (Phi) is 13.2. The van der Waals surface area contributed by atoms with Gasteiger partial charge in [0.2, 0.25) is 0 Å². The van der Waals surface area contributed by atoms with Crippen LogP contribution in [0.1, 0.15) is 96.0 Å². The van der Waals surface area contributed by atoms with Crippen molar-refractivity contribution in [1.82, 2.24) is 0 Å². The molecule has 22 heavy (non-hydrogen) atoms. The van der Waals surface area contributed by atoms with Crippen LogP contribution in [0.3, 0.4) is 0 Å². The average Bonchev–Trinajstić information content (AvgIpc) is 2.82. The highest BCUT2D eigenvalue weighted by atomic mass is 79.9. The smallest absolute Gasteiger partial charge is 0.0742 e. The Morgan fingerprint density at radius 2 is 1.18 bits per heavy atom. The van der Waals surface area contributed by atoms with Crippen molar-refractivity contribution < 1.29 is 0 Å². The third-order valence-electron chi connectivity index (χ3n) is 4.28. The van der Waals surface area contributed by atoms with Gasteiger partial charge in [-0.1, -0.05) is 84.0 Å². The van der Waals surface area contributed by atoms with E-state index in [0.717, 1.165) is 0 Å². The summed E-state index contributed by atoms with van der Waals surface area (Å²) >= 11 is 8.98. The van der Waals surface area contributed by atoms with E-state index in [1.165, 1.54) is 103 Å². The van der Waals surface area contributed by atoms with E-state index >= 15 is 0 Å². The highest BCUT2D eigenvalue weighted by Gasteiger charge is 2.04. The molecule has 1 aromatic heterocycles. The van der Waals surface area contributed by atoms with Crippen LogP contribution in [0.25, 0.3) is 0 Å². The number of hydrogen-bond donors (Lipinski definition) is 0. The molecule has 0 fully saturated rings. The van der Waals surface area contributed by atoms with Gasteiger partial charge in [-0.2, -0.15) is 0 Å². The van der Waals surface area contributed by atoms with Gasteiger partial charge in [0.25, 0.3) is 0 Å². The molecule has 0 bridgehead atoms. The summed E-state index contributed by atoms with van der Waals surface area (Å²) in [6.45, 7) is 2.29. The van der Waals surface area contributed by atoms with E-state index in [9.17, 15) is 0 Å². The third-order valence-corrected chi connectivity index (χ3v) is 6.74. The summed E-state index contributed by atoms with van der Waals surface area (Å²) in [5.41, 5.74) is 1.47. The van der Waals surface area contributed by atoms with E-state index in [4.69, 9.17) is 0 Å². The van der Waals surface area contributed by atoms with Crippen LogP contribution in [0.15, 0.2) is 13.6 Å². The summed E-state index contributed by atoms with van der Waals surface area (Å²) in [5, 5.41) is 0. The lowest BCUT2D eigenvalue weighted by molar-refractivity contribution is 0.539. The van der Waals surface area contributed by atoms with E-state index in [2.05, 4.69) is 44.8 Å². The van der Waals surface area contributed by atoms with Crippen molar-refractivity contribution in [3.8, 4) is 0 Å². The van der Waals surface area contributed by atoms with E-state index in [1.807, 2.05) is 0 Å². The first-order valence-corrected chi connectivity index (χ1v) is 11.6. The predicted molar refractivity (Wildman–Crippen MR) is 109 cm³/mol. The van der Waals surface area contributed by atoms with Crippen molar-refractivity contribution in [1.29, 1.82) is 0 Å². The fraction of sp³-hybridized carbons (Fsp3) is 0.789. The highest BCUT2D eigenvalue weighted by molar-refractivity contribution is 9.12. The van der Waals surface area contributed by atoms with Crippen molar-refractivity contribution in [3.05, 3.63) is 19.2 Å². The summed E-state index contributed by atoms with van der Waals surface area (Å²) in [4.78, 5) is 0. The molecule has 0 amide bonds. The van der Waals surface area contributed by atoms with E-state index in [0.29, 0.717) is 0 Å².